The number of carbonyl (C=O) groups excluding carboxylic acids is 1. The Bertz CT molecular complexity index is 808. The van der Waals surface area contributed by atoms with E-state index in [0.717, 1.165) is 23.6 Å². The van der Waals surface area contributed by atoms with E-state index < -0.39 is 23.7 Å². The van der Waals surface area contributed by atoms with Crippen molar-refractivity contribution in [2.24, 2.45) is 0 Å². The molecule has 1 heterocycles. The second-order valence-corrected chi connectivity index (χ2v) is 5.81. The van der Waals surface area contributed by atoms with Gasteiger partial charge in [-0.1, -0.05) is 0 Å². The van der Waals surface area contributed by atoms with Crippen molar-refractivity contribution in [2.75, 3.05) is 5.32 Å². The summed E-state index contributed by atoms with van der Waals surface area (Å²) in [4.78, 5) is 22.9. The van der Waals surface area contributed by atoms with Crippen LogP contribution in [0.3, 0.4) is 0 Å². The van der Waals surface area contributed by atoms with Gasteiger partial charge in [0.15, 0.2) is 5.69 Å². The van der Waals surface area contributed by atoms with Crippen molar-refractivity contribution < 1.29 is 27.9 Å². The van der Waals surface area contributed by atoms with Gasteiger partial charge in [0.2, 0.25) is 5.91 Å². The Morgan fingerprint density at radius 3 is 2.40 bits per heavy atom. The van der Waals surface area contributed by atoms with Crippen molar-refractivity contribution in [2.45, 2.75) is 31.5 Å². The Labute approximate surface area is 140 Å². The quantitative estimate of drug-likeness (QED) is 0.865. The van der Waals surface area contributed by atoms with Crippen molar-refractivity contribution >= 4 is 17.6 Å². The fraction of sp³-hybridized carbons (Fsp3) is 0.312. The number of amides is 1. The number of hydrogen-bond acceptors (Lipinski definition) is 3. The summed E-state index contributed by atoms with van der Waals surface area (Å²) in [6.07, 6.45) is -3.00. The highest BCUT2D eigenvalue weighted by molar-refractivity contribution is 5.92. The van der Waals surface area contributed by atoms with E-state index in [2.05, 4.69) is 10.4 Å². The van der Waals surface area contributed by atoms with Crippen LogP contribution in [0.15, 0.2) is 30.3 Å². The Kier molecular flexibility index (Phi) is 4.23. The fourth-order valence-corrected chi connectivity index (χ4v) is 2.44. The average molecular weight is 353 g/mol. The number of carboxylic acid groups (broad SMARTS) is 1. The van der Waals surface area contributed by atoms with Crippen molar-refractivity contribution in [3.8, 4) is 0 Å². The second kappa shape index (κ2) is 6.23. The predicted octanol–water partition coefficient (Wildman–Crippen LogP) is 3.12. The Morgan fingerprint density at radius 1 is 1.24 bits per heavy atom. The van der Waals surface area contributed by atoms with Gasteiger partial charge >= 0.3 is 12.1 Å². The van der Waals surface area contributed by atoms with Crippen LogP contribution < -0.4 is 5.32 Å². The molecule has 6 nitrogen and oxygen atoms in total. The minimum atomic E-state index is -4.56. The SMILES string of the molecule is O=C(Cn1nc(C(F)(F)F)cc1C1CC1)Nc1ccc(C(=O)O)cc1. The van der Waals surface area contributed by atoms with Gasteiger partial charge in [-0.25, -0.2) is 4.79 Å². The van der Waals surface area contributed by atoms with E-state index in [1.165, 1.54) is 24.3 Å². The van der Waals surface area contributed by atoms with Crippen molar-refractivity contribution in [3.05, 3.63) is 47.3 Å². The first-order valence-corrected chi connectivity index (χ1v) is 7.52. The molecule has 2 N–H and O–H groups in total. The summed E-state index contributed by atoms with van der Waals surface area (Å²) in [5.41, 5.74) is -0.182. The number of carboxylic acids is 1. The lowest BCUT2D eigenvalue weighted by atomic mass is 10.2. The number of anilines is 1. The molecular weight excluding hydrogens is 339 g/mol. The van der Waals surface area contributed by atoms with Gasteiger partial charge in [-0.2, -0.15) is 18.3 Å². The highest BCUT2D eigenvalue weighted by Crippen LogP contribution is 2.42. The first kappa shape index (κ1) is 17.0. The number of alkyl halides is 3. The highest BCUT2D eigenvalue weighted by atomic mass is 19.4. The summed E-state index contributed by atoms with van der Waals surface area (Å²) < 4.78 is 39.6. The van der Waals surface area contributed by atoms with Crippen molar-refractivity contribution in [3.63, 3.8) is 0 Å². The molecule has 1 aliphatic carbocycles. The molecule has 3 rings (SSSR count). The number of nitrogens with zero attached hydrogens (tertiary/aromatic N) is 2. The molecular formula is C16H14F3N3O3. The van der Waals surface area contributed by atoms with Crippen LogP contribution in [0.2, 0.25) is 0 Å². The molecule has 132 valence electrons. The van der Waals surface area contributed by atoms with E-state index in [-0.39, 0.29) is 18.0 Å². The molecule has 1 aromatic heterocycles. The maximum atomic E-state index is 12.8. The van der Waals surface area contributed by atoms with Crippen molar-refractivity contribution in [1.82, 2.24) is 9.78 Å². The molecule has 0 bridgehead atoms. The van der Waals surface area contributed by atoms with E-state index in [1.807, 2.05) is 0 Å². The number of nitrogens with one attached hydrogen (secondary N) is 1. The summed E-state index contributed by atoms with van der Waals surface area (Å²) in [6, 6.07) is 6.46. The van der Waals surface area contributed by atoms with Gasteiger partial charge in [-0.3, -0.25) is 9.48 Å². The number of carbonyl (C=O) groups is 2. The van der Waals surface area contributed by atoms with Gasteiger partial charge in [-0.15, -0.1) is 0 Å². The van der Waals surface area contributed by atoms with E-state index >= 15 is 0 Å². The number of benzene rings is 1. The number of aromatic nitrogens is 2. The topological polar surface area (TPSA) is 84.2 Å². The van der Waals surface area contributed by atoms with Gasteiger partial charge in [-0.05, 0) is 43.2 Å². The van der Waals surface area contributed by atoms with Crippen LogP contribution in [0.25, 0.3) is 0 Å². The molecule has 1 aliphatic rings. The third-order valence-electron chi connectivity index (χ3n) is 3.81. The molecule has 25 heavy (non-hydrogen) atoms. The summed E-state index contributed by atoms with van der Waals surface area (Å²) in [7, 11) is 0. The van der Waals surface area contributed by atoms with E-state index in [1.54, 1.807) is 0 Å². The first-order valence-electron chi connectivity index (χ1n) is 7.52. The third kappa shape index (κ3) is 3.98. The molecule has 0 spiro atoms. The lowest BCUT2D eigenvalue weighted by Crippen LogP contribution is -2.21. The standard InChI is InChI=1S/C16H14F3N3O3/c17-16(18,19)13-7-12(9-1-2-9)22(21-13)8-14(23)20-11-5-3-10(4-6-11)15(24)25/h3-7,9H,1-2,8H2,(H,20,23)(H,24,25). The largest absolute Gasteiger partial charge is 0.478 e. The Hall–Kier alpha value is -2.84. The number of halogens is 3. The zero-order chi connectivity index (χ0) is 18.2. The van der Waals surface area contributed by atoms with Crippen LogP contribution >= 0.6 is 0 Å². The van der Waals surface area contributed by atoms with Gasteiger partial charge in [0, 0.05) is 17.3 Å². The molecule has 1 fully saturated rings. The summed E-state index contributed by atoms with van der Waals surface area (Å²) in [6.45, 7) is -0.345. The second-order valence-electron chi connectivity index (χ2n) is 5.81. The van der Waals surface area contributed by atoms with Gasteiger partial charge in [0.1, 0.15) is 6.54 Å². The minimum absolute atomic E-state index is 0.00579. The molecule has 1 amide bonds. The molecule has 0 atom stereocenters. The first-order chi connectivity index (χ1) is 11.7. The number of aromatic carboxylic acids is 1. The van der Waals surface area contributed by atoms with Crippen LogP contribution in [0, 0.1) is 0 Å². The summed E-state index contributed by atoms with van der Waals surface area (Å²) in [5, 5.41) is 14.8. The Balaban J connectivity index is 1.72. The average Bonchev–Trinajstić information content (AvgIpc) is 3.27. The zero-order valence-corrected chi connectivity index (χ0v) is 12.9. The summed E-state index contributed by atoms with van der Waals surface area (Å²) >= 11 is 0. The molecule has 0 aliphatic heterocycles. The van der Waals surface area contributed by atoms with Crippen LogP contribution in [0.4, 0.5) is 18.9 Å². The highest BCUT2D eigenvalue weighted by Gasteiger charge is 2.38. The molecule has 9 heteroatoms. The maximum absolute atomic E-state index is 12.8. The van der Waals surface area contributed by atoms with Crippen LogP contribution in [0.5, 0.6) is 0 Å². The molecule has 0 unspecified atom stereocenters. The molecule has 0 radical (unpaired) electrons. The number of rotatable bonds is 5. The fourth-order valence-electron chi connectivity index (χ4n) is 2.44. The lowest BCUT2D eigenvalue weighted by molar-refractivity contribution is -0.141. The summed E-state index contributed by atoms with van der Waals surface area (Å²) in [5.74, 6) is -1.63. The maximum Gasteiger partial charge on any atom is 0.435 e. The van der Waals surface area contributed by atoms with Crippen LogP contribution in [-0.2, 0) is 17.5 Å². The van der Waals surface area contributed by atoms with E-state index in [4.69, 9.17) is 5.11 Å². The molecule has 1 saturated carbocycles. The normalized spacial score (nSPS) is 14.4. The van der Waals surface area contributed by atoms with Crippen molar-refractivity contribution in [1.29, 1.82) is 0 Å². The molecule has 2 aromatic rings. The lowest BCUT2D eigenvalue weighted by Gasteiger charge is -2.08. The Morgan fingerprint density at radius 2 is 1.88 bits per heavy atom. The van der Waals surface area contributed by atoms with Crippen LogP contribution in [0.1, 0.15) is 40.5 Å². The van der Waals surface area contributed by atoms with Gasteiger partial charge in [0.25, 0.3) is 0 Å². The van der Waals surface area contributed by atoms with Crippen LogP contribution in [-0.4, -0.2) is 26.8 Å². The van der Waals surface area contributed by atoms with Gasteiger partial charge < -0.3 is 10.4 Å². The molecule has 0 saturated heterocycles. The van der Waals surface area contributed by atoms with E-state index in [9.17, 15) is 22.8 Å². The molecule has 1 aromatic carbocycles. The predicted molar refractivity (Wildman–Crippen MR) is 81.2 cm³/mol. The van der Waals surface area contributed by atoms with Gasteiger partial charge in [0.05, 0.1) is 5.56 Å². The third-order valence-corrected chi connectivity index (χ3v) is 3.81. The van der Waals surface area contributed by atoms with E-state index in [0.29, 0.717) is 11.4 Å². The monoisotopic (exact) mass is 353 g/mol. The number of hydrogen-bond donors (Lipinski definition) is 2. The minimum Gasteiger partial charge on any atom is -0.478 e. The zero-order valence-electron chi connectivity index (χ0n) is 12.9. The smallest absolute Gasteiger partial charge is 0.435 e.